The molecule has 88 valence electrons. The number of ether oxygens (including phenoxy) is 2. The average molecular weight is 229 g/mol. The molecule has 0 radical (unpaired) electrons. The average Bonchev–Trinajstić information content (AvgIpc) is 2.33. The molecule has 0 saturated carbocycles. The molecule has 0 aromatic heterocycles. The molecule has 0 aliphatic carbocycles. The van der Waals surface area contributed by atoms with Crippen LogP contribution in [0.15, 0.2) is 12.1 Å². The van der Waals surface area contributed by atoms with Gasteiger partial charge in [0, 0.05) is 12.1 Å². The van der Waals surface area contributed by atoms with Crippen LogP contribution in [0, 0.1) is 11.6 Å². The molecule has 0 amide bonds. The first-order valence-electron chi connectivity index (χ1n) is 5.07. The van der Waals surface area contributed by atoms with Crippen molar-refractivity contribution in [1.82, 2.24) is 5.32 Å². The Hall–Kier alpha value is -1.20. The third kappa shape index (κ3) is 2.01. The Morgan fingerprint density at radius 3 is 2.88 bits per heavy atom. The summed E-state index contributed by atoms with van der Waals surface area (Å²) in [5, 5.41) is 3.16. The summed E-state index contributed by atoms with van der Waals surface area (Å²) < 4.78 is 36.6. The van der Waals surface area contributed by atoms with Crippen molar-refractivity contribution >= 4 is 0 Å². The molecular formula is C11H13F2NO2. The minimum atomic E-state index is -0.952. The number of hydrogen-bond donors (Lipinski definition) is 1. The fourth-order valence-electron chi connectivity index (χ4n) is 1.79. The summed E-state index contributed by atoms with van der Waals surface area (Å²) in [6.45, 7) is 1.75. The van der Waals surface area contributed by atoms with Gasteiger partial charge in [-0.25, -0.2) is 4.39 Å². The maximum atomic E-state index is 13.4. The van der Waals surface area contributed by atoms with E-state index in [1.165, 1.54) is 13.2 Å². The van der Waals surface area contributed by atoms with Gasteiger partial charge < -0.3 is 14.8 Å². The third-order valence-corrected chi connectivity index (χ3v) is 2.58. The SMILES string of the molecule is COc1c(C2COCCN2)ccc(F)c1F. The minimum absolute atomic E-state index is 0.0528. The van der Waals surface area contributed by atoms with E-state index >= 15 is 0 Å². The molecule has 1 aliphatic heterocycles. The number of hydrogen-bond acceptors (Lipinski definition) is 3. The molecule has 0 bridgehead atoms. The highest BCUT2D eigenvalue weighted by Gasteiger charge is 2.22. The molecule has 1 N–H and O–H groups in total. The molecule has 1 aliphatic rings. The van der Waals surface area contributed by atoms with Gasteiger partial charge in [-0.1, -0.05) is 6.07 Å². The fourth-order valence-corrected chi connectivity index (χ4v) is 1.79. The lowest BCUT2D eigenvalue weighted by Crippen LogP contribution is -2.34. The van der Waals surface area contributed by atoms with Crippen LogP contribution in [0.2, 0.25) is 0 Å². The van der Waals surface area contributed by atoms with Gasteiger partial charge in [0.25, 0.3) is 0 Å². The van der Waals surface area contributed by atoms with E-state index in [1.807, 2.05) is 0 Å². The van der Waals surface area contributed by atoms with E-state index in [2.05, 4.69) is 5.32 Å². The van der Waals surface area contributed by atoms with Crippen molar-refractivity contribution in [3.8, 4) is 5.75 Å². The normalized spacial score (nSPS) is 20.8. The molecule has 0 spiro atoms. The molecule has 3 nitrogen and oxygen atoms in total. The highest BCUT2D eigenvalue weighted by Crippen LogP contribution is 2.30. The lowest BCUT2D eigenvalue weighted by Gasteiger charge is -2.25. The van der Waals surface area contributed by atoms with Crippen molar-refractivity contribution in [2.75, 3.05) is 26.9 Å². The van der Waals surface area contributed by atoms with Crippen molar-refractivity contribution in [3.05, 3.63) is 29.3 Å². The zero-order valence-electron chi connectivity index (χ0n) is 8.93. The van der Waals surface area contributed by atoms with E-state index in [1.54, 1.807) is 0 Å². The van der Waals surface area contributed by atoms with Gasteiger partial charge in [-0.05, 0) is 6.07 Å². The summed E-state index contributed by atoms with van der Waals surface area (Å²) in [5.74, 6) is -1.91. The number of halogens is 2. The van der Waals surface area contributed by atoms with Crippen LogP contribution >= 0.6 is 0 Å². The van der Waals surface area contributed by atoms with E-state index in [0.29, 0.717) is 25.3 Å². The zero-order chi connectivity index (χ0) is 11.5. The fraction of sp³-hybridized carbons (Fsp3) is 0.455. The maximum Gasteiger partial charge on any atom is 0.200 e. The van der Waals surface area contributed by atoms with Crippen molar-refractivity contribution in [2.24, 2.45) is 0 Å². The molecule has 1 atom stereocenters. The van der Waals surface area contributed by atoms with Gasteiger partial charge in [-0.15, -0.1) is 0 Å². The lowest BCUT2D eigenvalue weighted by atomic mass is 10.0. The second-order valence-corrected chi connectivity index (χ2v) is 3.57. The second-order valence-electron chi connectivity index (χ2n) is 3.57. The Balaban J connectivity index is 2.35. The van der Waals surface area contributed by atoms with Gasteiger partial charge in [0.2, 0.25) is 5.82 Å². The van der Waals surface area contributed by atoms with Crippen LogP contribution in [-0.4, -0.2) is 26.9 Å². The Morgan fingerprint density at radius 1 is 1.44 bits per heavy atom. The number of nitrogens with one attached hydrogen (secondary N) is 1. The molecule has 2 rings (SSSR count). The molecule has 1 unspecified atom stereocenters. The Labute approximate surface area is 92.4 Å². The van der Waals surface area contributed by atoms with E-state index in [0.717, 1.165) is 6.07 Å². The van der Waals surface area contributed by atoms with Crippen molar-refractivity contribution < 1.29 is 18.3 Å². The van der Waals surface area contributed by atoms with Crippen LogP contribution in [0.5, 0.6) is 5.75 Å². The summed E-state index contributed by atoms with van der Waals surface area (Å²) >= 11 is 0. The van der Waals surface area contributed by atoms with Crippen LogP contribution < -0.4 is 10.1 Å². The number of benzene rings is 1. The van der Waals surface area contributed by atoms with Gasteiger partial charge in [0.1, 0.15) is 0 Å². The Kier molecular flexibility index (Phi) is 3.36. The summed E-state index contributed by atoms with van der Waals surface area (Å²) in [4.78, 5) is 0. The minimum Gasteiger partial charge on any atom is -0.493 e. The maximum absolute atomic E-state index is 13.4. The van der Waals surface area contributed by atoms with E-state index in [-0.39, 0.29) is 11.8 Å². The smallest absolute Gasteiger partial charge is 0.200 e. The van der Waals surface area contributed by atoms with Crippen LogP contribution in [-0.2, 0) is 4.74 Å². The van der Waals surface area contributed by atoms with Gasteiger partial charge >= 0.3 is 0 Å². The second kappa shape index (κ2) is 4.76. The third-order valence-electron chi connectivity index (χ3n) is 2.58. The highest BCUT2D eigenvalue weighted by atomic mass is 19.2. The lowest BCUT2D eigenvalue weighted by molar-refractivity contribution is 0.0758. The number of morpholine rings is 1. The largest absolute Gasteiger partial charge is 0.493 e. The van der Waals surface area contributed by atoms with Gasteiger partial charge in [-0.2, -0.15) is 4.39 Å². The molecule has 16 heavy (non-hydrogen) atoms. The van der Waals surface area contributed by atoms with Crippen LogP contribution in [0.1, 0.15) is 11.6 Å². The van der Waals surface area contributed by atoms with E-state index in [9.17, 15) is 8.78 Å². The van der Waals surface area contributed by atoms with Crippen LogP contribution in [0.4, 0.5) is 8.78 Å². The van der Waals surface area contributed by atoms with Crippen molar-refractivity contribution in [2.45, 2.75) is 6.04 Å². The van der Waals surface area contributed by atoms with Gasteiger partial charge in [0.05, 0.1) is 26.4 Å². The standard InChI is InChI=1S/C11H13F2NO2/c1-15-11-7(2-3-8(12)10(11)13)9-6-16-5-4-14-9/h2-3,9,14H,4-6H2,1H3. The zero-order valence-corrected chi connectivity index (χ0v) is 8.93. The summed E-state index contributed by atoms with van der Waals surface area (Å²) in [6, 6.07) is 2.46. The summed E-state index contributed by atoms with van der Waals surface area (Å²) in [7, 11) is 1.32. The monoisotopic (exact) mass is 229 g/mol. The number of methoxy groups -OCH3 is 1. The van der Waals surface area contributed by atoms with E-state index < -0.39 is 11.6 Å². The first kappa shape index (κ1) is 11.3. The first-order valence-corrected chi connectivity index (χ1v) is 5.07. The van der Waals surface area contributed by atoms with Crippen molar-refractivity contribution in [1.29, 1.82) is 0 Å². The van der Waals surface area contributed by atoms with Crippen molar-refractivity contribution in [3.63, 3.8) is 0 Å². The molecule has 1 aromatic rings. The van der Waals surface area contributed by atoms with Crippen LogP contribution in [0.25, 0.3) is 0 Å². The molecular weight excluding hydrogens is 216 g/mol. The summed E-state index contributed by atoms with van der Waals surface area (Å²) in [6.07, 6.45) is 0. The quantitative estimate of drug-likeness (QED) is 0.836. The molecule has 1 aromatic carbocycles. The van der Waals surface area contributed by atoms with Crippen LogP contribution in [0.3, 0.4) is 0 Å². The molecule has 5 heteroatoms. The van der Waals surface area contributed by atoms with Gasteiger partial charge in [-0.3, -0.25) is 0 Å². The first-order chi connectivity index (χ1) is 7.74. The van der Waals surface area contributed by atoms with E-state index in [4.69, 9.17) is 9.47 Å². The molecule has 1 saturated heterocycles. The van der Waals surface area contributed by atoms with Gasteiger partial charge in [0.15, 0.2) is 11.6 Å². The molecule has 1 heterocycles. The summed E-state index contributed by atoms with van der Waals surface area (Å²) in [5.41, 5.74) is 0.584. The highest BCUT2D eigenvalue weighted by molar-refractivity contribution is 5.38. The Bertz CT molecular complexity index is 378. The molecule has 1 fully saturated rings. The predicted molar refractivity (Wildman–Crippen MR) is 54.5 cm³/mol. The topological polar surface area (TPSA) is 30.5 Å². The Morgan fingerprint density at radius 2 is 2.25 bits per heavy atom. The number of rotatable bonds is 2. The predicted octanol–water partition coefficient (Wildman–Crippen LogP) is 1.63.